The number of sulfonamides is 1. The monoisotopic (exact) mass is 360 g/mol. The lowest BCUT2D eigenvalue weighted by atomic mass is 9.98. The van der Waals surface area contributed by atoms with Gasteiger partial charge in [0.05, 0.1) is 0 Å². The van der Waals surface area contributed by atoms with Gasteiger partial charge in [0.1, 0.15) is 10.7 Å². The highest BCUT2D eigenvalue weighted by Gasteiger charge is 2.22. The molecule has 134 valence electrons. The number of nitrogens with one attached hydrogen (secondary N) is 2. The zero-order valence-corrected chi connectivity index (χ0v) is 14.3. The molecule has 0 saturated heterocycles. The van der Waals surface area contributed by atoms with E-state index in [4.69, 9.17) is 5.11 Å². The van der Waals surface area contributed by atoms with Crippen LogP contribution in [0.2, 0.25) is 0 Å². The first-order chi connectivity index (χ1) is 11.0. The number of aliphatic carboxylic acids is 1. The van der Waals surface area contributed by atoms with Gasteiger partial charge in [0.15, 0.2) is 0 Å². The summed E-state index contributed by atoms with van der Waals surface area (Å²) < 4.78 is 39.6. The fourth-order valence-corrected chi connectivity index (χ4v) is 3.07. The Hall–Kier alpha value is -2.00. The van der Waals surface area contributed by atoms with E-state index < -0.39 is 38.2 Å². The van der Waals surface area contributed by atoms with Crippen molar-refractivity contribution < 1.29 is 27.5 Å². The van der Waals surface area contributed by atoms with Crippen LogP contribution in [0.1, 0.15) is 33.1 Å². The van der Waals surface area contributed by atoms with Crippen molar-refractivity contribution in [2.24, 2.45) is 0 Å². The molecule has 1 aromatic carbocycles. The summed E-state index contributed by atoms with van der Waals surface area (Å²) in [6.07, 6.45) is 0.00635. The second-order valence-corrected chi connectivity index (χ2v) is 7.64. The Morgan fingerprint density at radius 2 is 1.83 bits per heavy atom. The standard InChI is InChI=1S/C15H21FN2O5S/c1-15(2,9-7-14(20)21)18-13(19)8-10-17-24(22,23)12-6-4-3-5-11(12)16/h3-6,17H,7-10H2,1-2H3,(H,18,19)(H,20,21). The molecule has 0 bridgehead atoms. The Morgan fingerprint density at radius 1 is 1.21 bits per heavy atom. The van der Waals surface area contributed by atoms with E-state index in [0.29, 0.717) is 0 Å². The van der Waals surface area contributed by atoms with Gasteiger partial charge in [-0.1, -0.05) is 12.1 Å². The van der Waals surface area contributed by atoms with E-state index in [1.807, 2.05) is 0 Å². The van der Waals surface area contributed by atoms with E-state index in [2.05, 4.69) is 10.0 Å². The molecule has 0 spiro atoms. The van der Waals surface area contributed by atoms with Gasteiger partial charge in [-0.3, -0.25) is 9.59 Å². The van der Waals surface area contributed by atoms with Gasteiger partial charge in [0.2, 0.25) is 15.9 Å². The fraction of sp³-hybridized carbons (Fsp3) is 0.467. The molecule has 0 saturated carbocycles. The first kappa shape index (κ1) is 20.0. The molecule has 0 atom stereocenters. The quantitative estimate of drug-likeness (QED) is 0.613. The van der Waals surface area contributed by atoms with Gasteiger partial charge >= 0.3 is 5.97 Å². The van der Waals surface area contributed by atoms with Crippen molar-refractivity contribution in [2.45, 2.75) is 43.5 Å². The number of carbonyl (C=O) groups is 2. The van der Waals surface area contributed by atoms with Gasteiger partial charge in [0, 0.05) is 24.9 Å². The van der Waals surface area contributed by atoms with Crippen molar-refractivity contribution in [1.82, 2.24) is 10.0 Å². The summed E-state index contributed by atoms with van der Waals surface area (Å²) in [4.78, 5) is 21.9. The largest absolute Gasteiger partial charge is 0.481 e. The lowest BCUT2D eigenvalue weighted by Crippen LogP contribution is -2.44. The van der Waals surface area contributed by atoms with Crippen molar-refractivity contribution in [3.63, 3.8) is 0 Å². The van der Waals surface area contributed by atoms with E-state index in [9.17, 15) is 22.4 Å². The molecular weight excluding hydrogens is 339 g/mol. The number of hydrogen-bond donors (Lipinski definition) is 3. The number of rotatable bonds is 9. The molecule has 0 aliphatic rings. The van der Waals surface area contributed by atoms with E-state index in [1.54, 1.807) is 13.8 Å². The third-order valence-electron chi connectivity index (χ3n) is 3.21. The molecule has 1 amide bonds. The van der Waals surface area contributed by atoms with Crippen LogP contribution in [0.25, 0.3) is 0 Å². The van der Waals surface area contributed by atoms with E-state index in [-0.39, 0.29) is 25.8 Å². The highest BCUT2D eigenvalue weighted by Crippen LogP contribution is 2.13. The molecule has 3 N–H and O–H groups in total. The minimum absolute atomic E-state index is 0.0901. The number of benzene rings is 1. The minimum atomic E-state index is -4.03. The highest BCUT2D eigenvalue weighted by atomic mass is 32.2. The van der Waals surface area contributed by atoms with Crippen molar-refractivity contribution >= 4 is 21.9 Å². The van der Waals surface area contributed by atoms with Gasteiger partial charge in [-0.05, 0) is 32.4 Å². The molecule has 0 fully saturated rings. The molecule has 0 radical (unpaired) electrons. The zero-order chi connectivity index (χ0) is 18.4. The van der Waals surface area contributed by atoms with Crippen molar-refractivity contribution in [1.29, 1.82) is 0 Å². The zero-order valence-electron chi connectivity index (χ0n) is 13.5. The lowest BCUT2D eigenvalue weighted by Gasteiger charge is -2.25. The summed E-state index contributed by atoms with van der Waals surface area (Å²) in [6, 6.07) is 4.94. The fourth-order valence-electron chi connectivity index (χ4n) is 1.96. The summed E-state index contributed by atoms with van der Waals surface area (Å²) in [5.41, 5.74) is -0.722. The van der Waals surface area contributed by atoms with Gasteiger partial charge in [-0.15, -0.1) is 0 Å². The normalized spacial score (nSPS) is 12.0. The Balaban J connectivity index is 2.51. The van der Waals surface area contributed by atoms with Crippen molar-refractivity contribution in [3.05, 3.63) is 30.1 Å². The van der Waals surface area contributed by atoms with Crippen LogP contribution in [0.15, 0.2) is 29.2 Å². The molecule has 24 heavy (non-hydrogen) atoms. The third-order valence-corrected chi connectivity index (χ3v) is 4.71. The minimum Gasteiger partial charge on any atom is -0.481 e. The topological polar surface area (TPSA) is 113 Å². The Labute approximate surface area is 140 Å². The smallest absolute Gasteiger partial charge is 0.303 e. The number of carbonyl (C=O) groups excluding carboxylic acids is 1. The molecule has 0 aliphatic heterocycles. The summed E-state index contributed by atoms with van der Waals surface area (Å²) in [6.45, 7) is 3.16. The van der Waals surface area contributed by atoms with Crippen LogP contribution < -0.4 is 10.0 Å². The van der Waals surface area contributed by atoms with Gasteiger partial charge in [-0.25, -0.2) is 17.5 Å². The number of amides is 1. The Kier molecular flexibility index (Phi) is 6.85. The number of carboxylic acid groups (broad SMARTS) is 1. The number of hydrogen-bond acceptors (Lipinski definition) is 4. The summed E-state index contributed by atoms with van der Waals surface area (Å²) in [7, 11) is -4.03. The molecule has 9 heteroatoms. The van der Waals surface area contributed by atoms with Crippen LogP contribution in [-0.4, -0.2) is 37.5 Å². The van der Waals surface area contributed by atoms with Crippen LogP contribution >= 0.6 is 0 Å². The predicted octanol–water partition coefficient (Wildman–Crippen LogP) is 1.25. The van der Waals surface area contributed by atoms with Gasteiger partial charge < -0.3 is 10.4 Å². The van der Waals surface area contributed by atoms with Crippen LogP contribution in [0.5, 0.6) is 0 Å². The first-order valence-corrected chi connectivity index (χ1v) is 8.79. The maximum Gasteiger partial charge on any atom is 0.303 e. The lowest BCUT2D eigenvalue weighted by molar-refractivity contribution is -0.137. The number of halogens is 1. The van der Waals surface area contributed by atoms with E-state index in [0.717, 1.165) is 12.1 Å². The molecule has 1 rings (SSSR count). The van der Waals surface area contributed by atoms with Crippen LogP contribution in [0.4, 0.5) is 4.39 Å². The van der Waals surface area contributed by atoms with Crippen LogP contribution in [-0.2, 0) is 19.6 Å². The molecule has 0 unspecified atom stereocenters. The second-order valence-electron chi connectivity index (χ2n) is 5.90. The predicted molar refractivity (Wildman–Crippen MR) is 85.3 cm³/mol. The maximum absolute atomic E-state index is 13.5. The average molecular weight is 360 g/mol. The molecule has 0 aliphatic carbocycles. The van der Waals surface area contributed by atoms with Gasteiger partial charge in [0.25, 0.3) is 0 Å². The highest BCUT2D eigenvalue weighted by molar-refractivity contribution is 7.89. The first-order valence-electron chi connectivity index (χ1n) is 7.30. The van der Waals surface area contributed by atoms with E-state index in [1.165, 1.54) is 12.1 Å². The molecule has 0 heterocycles. The number of carboxylic acids is 1. The molecular formula is C15H21FN2O5S. The Bertz CT molecular complexity index is 704. The van der Waals surface area contributed by atoms with Crippen LogP contribution in [0, 0.1) is 5.82 Å². The molecule has 1 aromatic rings. The molecule has 0 aromatic heterocycles. The second kappa shape index (κ2) is 8.20. The van der Waals surface area contributed by atoms with E-state index >= 15 is 0 Å². The summed E-state index contributed by atoms with van der Waals surface area (Å²) in [5.74, 6) is -2.26. The van der Waals surface area contributed by atoms with Gasteiger partial charge in [-0.2, -0.15) is 0 Å². The van der Waals surface area contributed by atoms with Crippen molar-refractivity contribution in [3.8, 4) is 0 Å². The summed E-state index contributed by atoms with van der Waals surface area (Å²) in [5, 5.41) is 11.3. The Morgan fingerprint density at radius 3 is 2.42 bits per heavy atom. The SMILES string of the molecule is CC(C)(CCC(=O)O)NC(=O)CCNS(=O)(=O)c1ccccc1F. The molecule has 7 nitrogen and oxygen atoms in total. The summed E-state index contributed by atoms with van der Waals surface area (Å²) >= 11 is 0. The van der Waals surface area contributed by atoms with Crippen molar-refractivity contribution in [2.75, 3.05) is 6.54 Å². The maximum atomic E-state index is 13.5. The average Bonchev–Trinajstić information content (AvgIpc) is 2.44. The third kappa shape index (κ3) is 6.63. The van der Waals surface area contributed by atoms with Crippen LogP contribution in [0.3, 0.4) is 0 Å².